The van der Waals surface area contributed by atoms with Crippen LogP contribution in [0.2, 0.25) is 0 Å². The number of methoxy groups -OCH3 is 1. The van der Waals surface area contributed by atoms with Crippen LogP contribution >= 0.6 is 11.8 Å². The first-order valence-electron chi connectivity index (χ1n) is 8.58. The predicted molar refractivity (Wildman–Crippen MR) is 106 cm³/mol. The van der Waals surface area contributed by atoms with E-state index >= 15 is 0 Å². The third kappa shape index (κ3) is 4.72. The molecule has 8 heteroatoms. The number of para-hydroxylation sites is 1. The minimum Gasteiger partial charge on any atom is -0.383 e. The minimum absolute atomic E-state index is 0.137. The Morgan fingerprint density at radius 3 is 2.70 bits per heavy atom. The van der Waals surface area contributed by atoms with Crippen LogP contribution in [0.15, 0.2) is 60.0 Å². The fraction of sp³-hybridized carbons (Fsp3) is 0.263. The van der Waals surface area contributed by atoms with Gasteiger partial charge in [-0.15, -0.1) is 10.2 Å². The van der Waals surface area contributed by atoms with Crippen LogP contribution < -0.4 is 5.32 Å². The summed E-state index contributed by atoms with van der Waals surface area (Å²) in [4.78, 5) is 16.8. The second-order valence-corrected chi connectivity index (χ2v) is 6.88. The smallest absolute Gasteiger partial charge is 0.240 e. The summed E-state index contributed by atoms with van der Waals surface area (Å²) in [7, 11) is 1.58. The van der Waals surface area contributed by atoms with Gasteiger partial charge < -0.3 is 14.6 Å². The molecular formula is C19H21N5O2S. The summed E-state index contributed by atoms with van der Waals surface area (Å²) in [6, 6.07) is 13.2. The van der Waals surface area contributed by atoms with E-state index in [1.165, 1.54) is 11.8 Å². The number of rotatable bonds is 8. The molecule has 1 unspecified atom stereocenters. The highest BCUT2D eigenvalue weighted by Crippen LogP contribution is 2.27. The summed E-state index contributed by atoms with van der Waals surface area (Å²) in [5.74, 6) is 0.592. The molecule has 0 saturated heterocycles. The Morgan fingerprint density at radius 1 is 1.22 bits per heavy atom. The van der Waals surface area contributed by atoms with Crippen LogP contribution in [0.5, 0.6) is 0 Å². The number of benzene rings is 1. The first-order valence-corrected chi connectivity index (χ1v) is 9.46. The Bertz CT molecular complexity index is 870. The number of aromatic nitrogens is 4. The zero-order valence-electron chi connectivity index (χ0n) is 15.2. The Balaban J connectivity index is 1.80. The molecule has 1 atom stereocenters. The van der Waals surface area contributed by atoms with E-state index in [9.17, 15) is 4.79 Å². The maximum absolute atomic E-state index is 12.7. The third-order valence-electron chi connectivity index (χ3n) is 3.85. The van der Waals surface area contributed by atoms with Gasteiger partial charge in [-0.1, -0.05) is 30.0 Å². The molecule has 27 heavy (non-hydrogen) atoms. The molecule has 140 valence electrons. The van der Waals surface area contributed by atoms with Gasteiger partial charge in [-0.05, 0) is 31.2 Å². The summed E-state index contributed by atoms with van der Waals surface area (Å²) < 4.78 is 7.22. The second kappa shape index (κ2) is 9.29. The van der Waals surface area contributed by atoms with Crippen molar-refractivity contribution in [2.75, 3.05) is 19.0 Å². The highest BCUT2D eigenvalue weighted by atomic mass is 32.2. The van der Waals surface area contributed by atoms with Gasteiger partial charge >= 0.3 is 0 Å². The van der Waals surface area contributed by atoms with Crippen LogP contribution in [-0.4, -0.2) is 44.6 Å². The highest BCUT2D eigenvalue weighted by molar-refractivity contribution is 8.00. The number of ether oxygens (including phenoxy) is 1. The van der Waals surface area contributed by atoms with Crippen molar-refractivity contribution in [3.63, 3.8) is 0 Å². The first kappa shape index (κ1) is 19.1. The van der Waals surface area contributed by atoms with Crippen molar-refractivity contribution in [3.8, 4) is 11.4 Å². The number of pyridine rings is 1. The molecular weight excluding hydrogens is 362 g/mol. The SMILES string of the molecule is CCn1c(SC(COC)C(=O)Nc2ccccc2)nnc1-c1cccnc1. The molecule has 0 aliphatic carbocycles. The molecule has 3 aromatic rings. The van der Waals surface area contributed by atoms with E-state index in [0.717, 1.165) is 17.1 Å². The lowest BCUT2D eigenvalue weighted by molar-refractivity contribution is -0.116. The highest BCUT2D eigenvalue weighted by Gasteiger charge is 2.24. The fourth-order valence-corrected chi connectivity index (χ4v) is 3.61. The van der Waals surface area contributed by atoms with Crippen molar-refractivity contribution in [2.45, 2.75) is 23.9 Å². The van der Waals surface area contributed by atoms with E-state index in [2.05, 4.69) is 20.5 Å². The minimum atomic E-state index is -0.452. The lowest BCUT2D eigenvalue weighted by Gasteiger charge is -2.16. The van der Waals surface area contributed by atoms with Gasteiger partial charge in [-0.25, -0.2) is 0 Å². The summed E-state index contributed by atoms with van der Waals surface area (Å²) >= 11 is 1.34. The van der Waals surface area contributed by atoms with Crippen molar-refractivity contribution >= 4 is 23.4 Å². The molecule has 0 aliphatic heterocycles. The van der Waals surface area contributed by atoms with Crippen molar-refractivity contribution in [1.82, 2.24) is 19.7 Å². The van der Waals surface area contributed by atoms with Crippen LogP contribution in [0.4, 0.5) is 5.69 Å². The number of nitrogens with one attached hydrogen (secondary N) is 1. The average molecular weight is 383 g/mol. The van der Waals surface area contributed by atoms with E-state index in [1.54, 1.807) is 19.5 Å². The fourth-order valence-electron chi connectivity index (χ4n) is 2.56. The van der Waals surface area contributed by atoms with Gasteiger partial charge in [0.15, 0.2) is 11.0 Å². The largest absolute Gasteiger partial charge is 0.383 e. The summed E-state index contributed by atoms with van der Waals surface area (Å²) in [5, 5.41) is 11.7. The standard InChI is InChI=1S/C19H21N5O2S/c1-3-24-17(14-8-7-11-20-12-14)22-23-19(24)27-16(13-26-2)18(25)21-15-9-5-4-6-10-15/h4-12,16H,3,13H2,1-2H3,(H,21,25). The molecule has 0 radical (unpaired) electrons. The Hall–Kier alpha value is -2.71. The van der Waals surface area contributed by atoms with E-state index in [-0.39, 0.29) is 12.5 Å². The molecule has 2 heterocycles. The number of amides is 1. The van der Waals surface area contributed by atoms with Gasteiger partial charge in [0.25, 0.3) is 0 Å². The van der Waals surface area contributed by atoms with Crippen LogP contribution in [-0.2, 0) is 16.1 Å². The van der Waals surface area contributed by atoms with Gasteiger partial charge in [0.2, 0.25) is 5.91 Å². The van der Waals surface area contributed by atoms with Gasteiger partial charge in [0, 0.05) is 37.3 Å². The lowest BCUT2D eigenvalue weighted by Crippen LogP contribution is -2.29. The topological polar surface area (TPSA) is 81.9 Å². The summed E-state index contributed by atoms with van der Waals surface area (Å²) in [6.07, 6.45) is 3.47. The predicted octanol–water partition coefficient (Wildman–Crippen LogP) is 3.11. The number of nitrogens with zero attached hydrogens (tertiary/aromatic N) is 4. The van der Waals surface area contributed by atoms with Crippen LogP contribution in [0.3, 0.4) is 0 Å². The molecule has 7 nitrogen and oxygen atoms in total. The van der Waals surface area contributed by atoms with Gasteiger partial charge in [-0.3, -0.25) is 9.78 Å². The number of thioether (sulfide) groups is 1. The molecule has 1 amide bonds. The van der Waals surface area contributed by atoms with Gasteiger partial charge in [-0.2, -0.15) is 0 Å². The Labute approximate surface area is 162 Å². The van der Waals surface area contributed by atoms with Gasteiger partial charge in [0.1, 0.15) is 5.25 Å². The molecule has 0 spiro atoms. The van der Waals surface area contributed by atoms with Crippen LogP contribution in [0, 0.1) is 0 Å². The van der Waals surface area contributed by atoms with E-state index < -0.39 is 5.25 Å². The van der Waals surface area contributed by atoms with Crippen molar-refractivity contribution in [2.24, 2.45) is 0 Å². The monoisotopic (exact) mass is 383 g/mol. The number of carbonyl (C=O) groups excluding carboxylic acids is 1. The van der Waals surface area contributed by atoms with E-state index in [4.69, 9.17) is 4.74 Å². The second-order valence-electron chi connectivity index (χ2n) is 5.71. The summed E-state index contributed by atoms with van der Waals surface area (Å²) in [6.45, 7) is 2.96. The Morgan fingerprint density at radius 2 is 2.04 bits per heavy atom. The molecule has 0 fully saturated rings. The van der Waals surface area contributed by atoms with E-state index in [0.29, 0.717) is 11.7 Å². The van der Waals surface area contributed by atoms with Crippen molar-refractivity contribution in [3.05, 3.63) is 54.9 Å². The number of carbonyl (C=O) groups is 1. The molecule has 0 aliphatic rings. The maximum atomic E-state index is 12.7. The Kier molecular flexibility index (Phi) is 6.56. The van der Waals surface area contributed by atoms with Crippen LogP contribution in [0.1, 0.15) is 6.92 Å². The van der Waals surface area contributed by atoms with Crippen molar-refractivity contribution in [1.29, 1.82) is 0 Å². The van der Waals surface area contributed by atoms with Gasteiger partial charge in [0.05, 0.1) is 6.61 Å². The normalized spacial score (nSPS) is 11.9. The molecule has 1 N–H and O–H groups in total. The molecule has 3 rings (SSSR count). The molecule has 0 bridgehead atoms. The summed E-state index contributed by atoms with van der Waals surface area (Å²) in [5.41, 5.74) is 1.63. The number of hydrogen-bond acceptors (Lipinski definition) is 6. The molecule has 0 saturated carbocycles. The molecule has 1 aromatic carbocycles. The zero-order chi connectivity index (χ0) is 19.1. The number of hydrogen-bond donors (Lipinski definition) is 1. The lowest BCUT2D eigenvalue weighted by atomic mass is 10.3. The molecule has 2 aromatic heterocycles. The number of anilines is 1. The third-order valence-corrected chi connectivity index (χ3v) is 5.00. The van der Waals surface area contributed by atoms with Crippen molar-refractivity contribution < 1.29 is 9.53 Å². The quantitative estimate of drug-likeness (QED) is 0.602. The maximum Gasteiger partial charge on any atom is 0.240 e. The zero-order valence-corrected chi connectivity index (χ0v) is 16.0. The van der Waals surface area contributed by atoms with E-state index in [1.807, 2.05) is 54.0 Å². The average Bonchev–Trinajstić information content (AvgIpc) is 3.11. The van der Waals surface area contributed by atoms with Crippen LogP contribution in [0.25, 0.3) is 11.4 Å². The first-order chi connectivity index (χ1) is 13.2.